The van der Waals surface area contributed by atoms with Crippen LogP contribution in [0.3, 0.4) is 0 Å². The van der Waals surface area contributed by atoms with Crippen molar-refractivity contribution in [1.82, 2.24) is 15.0 Å². The van der Waals surface area contributed by atoms with Crippen molar-refractivity contribution >= 4 is 23.2 Å². The minimum Gasteiger partial charge on any atom is -0.481 e. The van der Waals surface area contributed by atoms with Crippen molar-refractivity contribution < 1.29 is 19.2 Å². The number of carboxylic acid groups (broad SMARTS) is 1. The highest BCUT2D eigenvalue weighted by atomic mass is 32.1. The number of carbonyl (C=O) groups is 2. The molecule has 2 aromatic rings. The fraction of sp³-hybridized carbons (Fsp3) is 0.467. The van der Waals surface area contributed by atoms with E-state index in [0.29, 0.717) is 24.7 Å². The average molecular weight is 335 g/mol. The van der Waals surface area contributed by atoms with E-state index < -0.39 is 5.97 Å². The molecule has 0 aliphatic carbocycles. The molecule has 3 heterocycles. The van der Waals surface area contributed by atoms with E-state index >= 15 is 0 Å². The maximum atomic E-state index is 12.3. The highest BCUT2D eigenvalue weighted by molar-refractivity contribution is 7.13. The van der Waals surface area contributed by atoms with Crippen LogP contribution >= 0.6 is 11.3 Å². The second-order valence-electron chi connectivity index (χ2n) is 5.47. The predicted octanol–water partition coefficient (Wildman–Crippen LogP) is 2.20. The van der Waals surface area contributed by atoms with Crippen molar-refractivity contribution in [2.45, 2.75) is 38.1 Å². The van der Waals surface area contributed by atoms with Gasteiger partial charge in [0.2, 0.25) is 17.6 Å². The van der Waals surface area contributed by atoms with Crippen molar-refractivity contribution in [1.29, 1.82) is 0 Å². The fourth-order valence-corrected chi connectivity index (χ4v) is 3.45. The number of hydrogen-bond donors (Lipinski definition) is 1. The van der Waals surface area contributed by atoms with Gasteiger partial charge in [-0.15, -0.1) is 11.3 Å². The molecule has 0 spiro atoms. The minimum atomic E-state index is -0.868. The lowest BCUT2D eigenvalue weighted by Crippen LogP contribution is -2.36. The standard InChI is InChI=1S/C15H17N3O4S/c19-13(18-7-1-3-10(18)9-14(20)21)6-5-12-16-15(17-22-12)11-4-2-8-23-11/h2,4,8,10H,1,3,5-7,9H2,(H,20,21). The Morgan fingerprint density at radius 1 is 1.48 bits per heavy atom. The molecule has 1 saturated heterocycles. The van der Waals surface area contributed by atoms with E-state index in [-0.39, 0.29) is 24.8 Å². The van der Waals surface area contributed by atoms with E-state index in [9.17, 15) is 9.59 Å². The van der Waals surface area contributed by atoms with Gasteiger partial charge in [0.15, 0.2) is 0 Å². The molecule has 0 radical (unpaired) electrons. The number of aromatic nitrogens is 2. The molecule has 8 heteroatoms. The molecule has 7 nitrogen and oxygen atoms in total. The number of rotatable bonds is 6. The number of hydrogen-bond acceptors (Lipinski definition) is 6. The van der Waals surface area contributed by atoms with Crippen molar-refractivity contribution in [3.05, 3.63) is 23.4 Å². The summed E-state index contributed by atoms with van der Waals surface area (Å²) >= 11 is 1.52. The fourth-order valence-electron chi connectivity index (χ4n) is 2.80. The van der Waals surface area contributed by atoms with Crippen LogP contribution < -0.4 is 0 Å². The lowest BCUT2D eigenvalue weighted by atomic mass is 10.1. The van der Waals surface area contributed by atoms with Crippen molar-refractivity contribution in [3.8, 4) is 10.7 Å². The van der Waals surface area contributed by atoms with E-state index in [1.165, 1.54) is 11.3 Å². The molecular weight excluding hydrogens is 318 g/mol. The minimum absolute atomic E-state index is 0.00875. The van der Waals surface area contributed by atoms with Crippen LogP contribution in [0.5, 0.6) is 0 Å². The second kappa shape index (κ2) is 6.91. The number of likely N-dealkylation sites (tertiary alicyclic amines) is 1. The van der Waals surface area contributed by atoms with Crippen LogP contribution in [-0.4, -0.2) is 44.6 Å². The summed E-state index contributed by atoms with van der Waals surface area (Å²) in [6.07, 6.45) is 2.23. The first-order chi connectivity index (χ1) is 11.1. The molecule has 122 valence electrons. The summed E-state index contributed by atoms with van der Waals surface area (Å²) in [6, 6.07) is 3.63. The van der Waals surface area contributed by atoms with E-state index in [0.717, 1.165) is 17.7 Å². The topological polar surface area (TPSA) is 96.5 Å². The number of carbonyl (C=O) groups excluding carboxylic acids is 1. The zero-order chi connectivity index (χ0) is 16.2. The van der Waals surface area contributed by atoms with Gasteiger partial charge in [-0.05, 0) is 24.3 Å². The number of aliphatic carboxylic acids is 1. The third kappa shape index (κ3) is 3.76. The van der Waals surface area contributed by atoms with Crippen LogP contribution in [0.1, 0.15) is 31.6 Å². The Labute approximate surface area is 136 Å². The molecule has 1 fully saturated rings. The summed E-state index contributed by atoms with van der Waals surface area (Å²) in [5, 5.41) is 14.7. The van der Waals surface area contributed by atoms with E-state index in [2.05, 4.69) is 10.1 Å². The molecule has 0 bridgehead atoms. The van der Waals surface area contributed by atoms with Gasteiger partial charge in [0, 0.05) is 25.4 Å². The molecule has 1 aliphatic rings. The first-order valence-electron chi connectivity index (χ1n) is 7.51. The normalized spacial score (nSPS) is 17.6. The van der Waals surface area contributed by atoms with Gasteiger partial charge in [0.1, 0.15) is 0 Å². The predicted molar refractivity (Wildman–Crippen MR) is 82.9 cm³/mol. The first kappa shape index (κ1) is 15.7. The van der Waals surface area contributed by atoms with E-state index in [1.807, 2.05) is 17.5 Å². The second-order valence-corrected chi connectivity index (χ2v) is 6.42. The first-order valence-corrected chi connectivity index (χ1v) is 8.39. The monoisotopic (exact) mass is 335 g/mol. The number of aryl methyl sites for hydroxylation is 1. The number of amides is 1. The van der Waals surface area contributed by atoms with Crippen molar-refractivity contribution in [3.63, 3.8) is 0 Å². The molecule has 2 aromatic heterocycles. The Balaban J connectivity index is 1.55. The third-order valence-electron chi connectivity index (χ3n) is 3.87. The van der Waals surface area contributed by atoms with Gasteiger partial charge >= 0.3 is 5.97 Å². The van der Waals surface area contributed by atoms with Crippen LogP contribution in [0, 0.1) is 0 Å². The highest BCUT2D eigenvalue weighted by Crippen LogP contribution is 2.23. The van der Waals surface area contributed by atoms with Crippen LogP contribution in [0.15, 0.2) is 22.0 Å². The highest BCUT2D eigenvalue weighted by Gasteiger charge is 2.30. The SMILES string of the molecule is O=C(O)CC1CCCN1C(=O)CCc1nc(-c2cccs2)no1. The molecular formula is C15H17N3O4S. The molecule has 1 N–H and O–H groups in total. The van der Waals surface area contributed by atoms with Crippen molar-refractivity contribution in [2.24, 2.45) is 0 Å². The zero-order valence-corrected chi connectivity index (χ0v) is 13.3. The Kier molecular flexibility index (Phi) is 4.71. The Morgan fingerprint density at radius 3 is 3.09 bits per heavy atom. The lowest BCUT2D eigenvalue weighted by Gasteiger charge is -2.23. The molecule has 23 heavy (non-hydrogen) atoms. The van der Waals surface area contributed by atoms with Crippen LogP contribution in [-0.2, 0) is 16.0 Å². The Morgan fingerprint density at radius 2 is 2.35 bits per heavy atom. The zero-order valence-electron chi connectivity index (χ0n) is 12.5. The molecule has 0 saturated carbocycles. The van der Waals surface area contributed by atoms with Gasteiger partial charge in [0.25, 0.3) is 0 Å². The summed E-state index contributed by atoms with van der Waals surface area (Å²) in [5.74, 6) is 0.0416. The van der Waals surface area contributed by atoms with Crippen LogP contribution in [0.4, 0.5) is 0 Å². The summed E-state index contributed by atoms with van der Waals surface area (Å²) < 4.78 is 5.17. The molecule has 1 aliphatic heterocycles. The molecule has 1 atom stereocenters. The summed E-state index contributed by atoms with van der Waals surface area (Å²) in [6.45, 7) is 0.626. The van der Waals surface area contributed by atoms with Crippen LogP contribution in [0.25, 0.3) is 10.7 Å². The van der Waals surface area contributed by atoms with Gasteiger partial charge in [-0.25, -0.2) is 0 Å². The van der Waals surface area contributed by atoms with E-state index in [1.54, 1.807) is 4.90 Å². The summed E-state index contributed by atoms with van der Waals surface area (Å²) in [4.78, 5) is 30.0. The molecule has 1 amide bonds. The molecule has 3 rings (SSSR count). The lowest BCUT2D eigenvalue weighted by molar-refractivity contribution is -0.139. The van der Waals surface area contributed by atoms with Gasteiger partial charge in [0.05, 0.1) is 11.3 Å². The van der Waals surface area contributed by atoms with E-state index in [4.69, 9.17) is 9.63 Å². The van der Waals surface area contributed by atoms with Crippen molar-refractivity contribution in [2.75, 3.05) is 6.54 Å². The van der Waals surface area contributed by atoms with Gasteiger partial charge in [-0.1, -0.05) is 11.2 Å². The number of nitrogens with zero attached hydrogens (tertiary/aromatic N) is 3. The summed E-state index contributed by atoms with van der Waals surface area (Å²) in [7, 11) is 0. The summed E-state index contributed by atoms with van der Waals surface area (Å²) in [5.41, 5.74) is 0. The quantitative estimate of drug-likeness (QED) is 0.869. The molecule has 0 aromatic carbocycles. The average Bonchev–Trinajstić information content (AvgIpc) is 3.24. The van der Waals surface area contributed by atoms with Gasteiger partial charge in [-0.2, -0.15) is 4.98 Å². The third-order valence-corrected chi connectivity index (χ3v) is 4.74. The number of carboxylic acids is 1. The van der Waals surface area contributed by atoms with Crippen LogP contribution in [0.2, 0.25) is 0 Å². The van der Waals surface area contributed by atoms with Gasteiger partial charge < -0.3 is 14.5 Å². The smallest absolute Gasteiger partial charge is 0.305 e. The van der Waals surface area contributed by atoms with Gasteiger partial charge in [-0.3, -0.25) is 9.59 Å². The molecule has 1 unspecified atom stereocenters. The Hall–Kier alpha value is -2.22. The Bertz CT molecular complexity index is 683. The largest absolute Gasteiger partial charge is 0.481 e. The maximum absolute atomic E-state index is 12.3. The maximum Gasteiger partial charge on any atom is 0.305 e. The number of thiophene rings is 1.